The Kier molecular flexibility index (Phi) is 8.16. The van der Waals surface area contributed by atoms with Gasteiger partial charge in [0.1, 0.15) is 5.54 Å². The minimum absolute atomic E-state index is 0.420. The number of hydrogen-bond acceptors (Lipinski definition) is 2. The molecule has 5 heteroatoms. The van der Waals surface area contributed by atoms with Gasteiger partial charge in [0, 0.05) is 6.54 Å². The number of nitrogens with one attached hydrogen (secondary N) is 2. The van der Waals surface area contributed by atoms with Crippen molar-refractivity contribution in [2.24, 2.45) is 0 Å². The van der Waals surface area contributed by atoms with Crippen LogP contribution in [-0.4, -0.2) is 29.2 Å². The summed E-state index contributed by atoms with van der Waals surface area (Å²) in [7, 11) is 0. The average Bonchev–Trinajstić information content (AvgIpc) is 2.27. The first-order valence-electron chi connectivity index (χ1n) is 6.69. The van der Waals surface area contributed by atoms with Crippen LogP contribution in [0, 0.1) is 0 Å². The average molecular weight is 258 g/mol. The molecule has 18 heavy (non-hydrogen) atoms. The zero-order valence-electron chi connectivity index (χ0n) is 11.7. The second-order valence-electron chi connectivity index (χ2n) is 5.08. The summed E-state index contributed by atoms with van der Waals surface area (Å²) in [5.41, 5.74) is -1.23. The first-order valence-corrected chi connectivity index (χ1v) is 6.69. The summed E-state index contributed by atoms with van der Waals surface area (Å²) in [6, 6.07) is -0.420. The topological polar surface area (TPSA) is 78.4 Å². The molecule has 106 valence electrons. The van der Waals surface area contributed by atoms with Crippen molar-refractivity contribution in [3.63, 3.8) is 0 Å². The molecule has 5 nitrogen and oxygen atoms in total. The number of hydrogen-bond donors (Lipinski definition) is 3. The molecule has 0 fully saturated rings. The molecule has 0 saturated heterocycles. The van der Waals surface area contributed by atoms with Crippen LogP contribution in [-0.2, 0) is 4.79 Å². The van der Waals surface area contributed by atoms with Gasteiger partial charge < -0.3 is 15.7 Å². The molecule has 3 N–H and O–H groups in total. The smallest absolute Gasteiger partial charge is 0.328 e. The molecule has 0 heterocycles. The van der Waals surface area contributed by atoms with Gasteiger partial charge in [-0.1, -0.05) is 39.0 Å². The number of carboxylic acids is 1. The predicted molar refractivity (Wildman–Crippen MR) is 71.6 cm³/mol. The Morgan fingerprint density at radius 2 is 1.61 bits per heavy atom. The molecule has 0 aliphatic heterocycles. The highest BCUT2D eigenvalue weighted by Gasteiger charge is 2.28. The first kappa shape index (κ1) is 16.7. The molecule has 2 amide bonds. The van der Waals surface area contributed by atoms with Crippen molar-refractivity contribution in [2.45, 2.75) is 64.8 Å². The van der Waals surface area contributed by atoms with E-state index in [-0.39, 0.29) is 0 Å². The van der Waals surface area contributed by atoms with E-state index in [1.807, 2.05) is 0 Å². The fourth-order valence-electron chi connectivity index (χ4n) is 1.49. The van der Waals surface area contributed by atoms with Crippen LogP contribution >= 0.6 is 0 Å². The fraction of sp³-hybridized carbons (Fsp3) is 0.846. The predicted octanol–water partition coefficient (Wildman–Crippen LogP) is 2.51. The Morgan fingerprint density at radius 1 is 1.06 bits per heavy atom. The van der Waals surface area contributed by atoms with E-state index in [4.69, 9.17) is 5.11 Å². The van der Waals surface area contributed by atoms with Gasteiger partial charge in [0.25, 0.3) is 0 Å². The van der Waals surface area contributed by atoms with Gasteiger partial charge >= 0.3 is 12.0 Å². The molecule has 0 rings (SSSR count). The third-order valence-electron chi connectivity index (χ3n) is 2.78. The molecule has 0 saturated carbocycles. The Morgan fingerprint density at radius 3 is 2.17 bits per heavy atom. The standard InChI is InChI=1S/C13H26N2O3/c1-4-5-6-7-8-9-10-14-12(18)15-13(2,3)11(16)17/h4-10H2,1-3H3,(H,16,17)(H2,14,15,18). The Bertz CT molecular complexity index is 265. The lowest BCUT2D eigenvalue weighted by atomic mass is 10.1. The summed E-state index contributed by atoms with van der Waals surface area (Å²) in [5.74, 6) is -1.04. The SMILES string of the molecule is CCCCCCCCNC(=O)NC(C)(C)C(=O)O. The Hall–Kier alpha value is -1.26. The summed E-state index contributed by atoms with van der Waals surface area (Å²) >= 11 is 0. The van der Waals surface area contributed by atoms with Gasteiger partial charge in [0.2, 0.25) is 0 Å². The van der Waals surface area contributed by atoms with Crippen LogP contribution in [0.3, 0.4) is 0 Å². The Balaban J connectivity index is 3.57. The number of urea groups is 1. The summed E-state index contributed by atoms with van der Waals surface area (Å²) < 4.78 is 0. The van der Waals surface area contributed by atoms with Crippen molar-refractivity contribution in [1.29, 1.82) is 0 Å². The second kappa shape index (κ2) is 8.78. The lowest BCUT2D eigenvalue weighted by Crippen LogP contribution is -2.53. The largest absolute Gasteiger partial charge is 0.480 e. The van der Waals surface area contributed by atoms with Gasteiger partial charge in [-0.3, -0.25) is 0 Å². The minimum atomic E-state index is -1.23. The van der Waals surface area contributed by atoms with E-state index in [2.05, 4.69) is 17.6 Å². The molecule has 0 aromatic heterocycles. The zero-order chi connectivity index (χ0) is 14.0. The van der Waals surface area contributed by atoms with Crippen LogP contribution in [0.2, 0.25) is 0 Å². The van der Waals surface area contributed by atoms with E-state index in [0.717, 1.165) is 12.8 Å². The molecule has 0 spiro atoms. The van der Waals surface area contributed by atoms with Gasteiger partial charge in [0.15, 0.2) is 0 Å². The van der Waals surface area contributed by atoms with E-state index < -0.39 is 17.5 Å². The van der Waals surface area contributed by atoms with Crippen LogP contribution in [0.4, 0.5) is 4.79 Å². The lowest BCUT2D eigenvalue weighted by molar-refractivity contribution is -0.142. The maximum Gasteiger partial charge on any atom is 0.328 e. The molecular formula is C13H26N2O3. The summed E-state index contributed by atoms with van der Waals surface area (Å²) in [5, 5.41) is 13.9. The summed E-state index contributed by atoms with van der Waals surface area (Å²) in [6.45, 7) is 5.68. The van der Waals surface area contributed by atoms with Crippen molar-refractivity contribution in [1.82, 2.24) is 10.6 Å². The van der Waals surface area contributed by atoms with Crippen LogP contribution in [0.25, 0.3) is 0 Å². The van der Waals surface area contributed by atoms with Crippen LogP contribution in [0.15, 0.2) is 0 Å². The van der Waals surface area contributed by atoms with Crippen molar-refractivity contribution >= 4 is 12.0 Å². The number of amides is 2. The monoisotopic (exact) mass is 258 g/mol. The van der Waals surface area contributed by atoms with E-state index in [0.29, 0.717) is 6.54 Å². The fourth-order valence-corrected chi connectivity index (χ4v) is 1.49. The third kappa shape index (κ3) is 7.92. The summed E-state index contributed by atoms with van der Waals surface area (Å²) in [4.78, 5) is 22.2. The van der Waals surface area contributed by atoms with E-state index in [1.165, 1.54) is 39.5 Å². The third-order valence-corrected chi connectivity index (χ3v) is 2.78. The van der Waals surface area contributed by atoms with Gasteiger partial charge in [-0.25, -0.2) is 9.59 Å². The Labute approximate surface area is 109 Å². The van der Waals surface area contributed by atoms with Crippen LogP contribution < -0.4 is 10.6 Å². The number of rotatable bonds is 9. The zero-order valence-corrected chi connectivity index (χ0v) is 11.7. The molecule has 0 aromatic rings. The van der Waals surface area contributed by atoms with Gasteiger partial charge in [-0.15, -0.1) is 0 Å². The highest BCUT2D eigenvalue weighted by Crippen LogP contribution is 2.04. The van der Waals surface area contributed by atoms with E-state index >= 15 is 0 Å². The number of carbonyl (C=O) groups excluding carboxylic acids is 1. The van der Waals surface area contributed by atoms with E-state index in [1.54, 1.807) is 0 Å². The molecule has 0 aromatic carbocycles. The highest BCUT2D eigenvalue weighted by molar-refractivity contribution is 5.85. The number of carboxylic acid groups (broad SMARTS) is 1. The number of aliphatic carboxylic acids is 1. The minimum Gasteiger partial charge on any atom is -0.480 e. The van der Waals surface area contributed by atoms with Crippen molar-refractivity contribution < 1.29 is 14.7 Å². The lowest BCUT2D eigenvalue weighted by Gasteiger charge is -2.21. The van der Waals surface area contributed by atoms with Crippen molar-refractivity contribution in [3.05, 3.63) is 0 Å². The maximum atomic E-state index is 11.4. The molecule has 0 aliphatic carbocycles. The molecular weight excluding hydrogens is 232 g/mol. The van der Waals surface area contributed by atoms with Gasteiger partial charge in [0.05, 0.1) is 0 Å². The normalized spacial score (nSPS) is 11.1. The summed E-state index contributed by atoms with van der Waals surface area (Å²) in [6.07, 6.45) is 6.96. The highest BCUT2D eigenvalue weighted by atomic mass is 16.4. The molecule has 0 atom stereocenters. The van der Waals surface area contributed by atoms with Crippen LogP contribution in [0.1, 0.15) is 59.3 Å². The van der Waals surface area contributed by atoms with Crippen LogP contribution in [0.5, 0.6) is 0 Å². The molecule has 0 bridgehead atoms. The molecule has 0 radical (unpaired) electrons. The van der Waals surface area contributed by atoms with Gasteiger partial charge in [-0.05, 0) is 20.3 Å². The first-order chi connectivity index (χ1) is 8.40. The molecule has 0 aliphatic rings. The number of carbonyl (C=O) groups is 2. The van der Waals surface area contributed by atoms with Crippen molar-refractivity contribution in [2.75, 3.05) is 6.54 Å². The second-order valence-corrected chi connectivity index (χ2v) is 5.08. The van der Waals surface area contributed by atoms with E-state index in [9.17, 15) is 9.59 Å². The van der Waals surface area contributed by atoms with Crippen molar-refractivity contribution in [3.8, 4) is 0 Å². The number of unbranched alkanes of at least 4 members (excludes halogenated alkanes) is 5. The quantitative estimate of drug-likeness (QED) is 0.556. The van der Waals surface area contributed by atoms with Gasteiger partial charge in [-0.2, -0.15) is 0 Å². The molecule has 0 unspecified atom stereocenters. The maximum absolute atomic E-state index is 11.4.